The van der Waals surface area contributed by atoms with Crippen molar-refractivity contribution in [2.75, 3.05) is 12.3 Å². The average molecular weight is 225 g/mol. The fourth-order valence-electron chi connectivity index (χ4n) is 1.40. The van der Waals surface area contributed by atoms with Crippen molar-refractivity contribution in [3.8, 4) is 0 Å². The van der Waals surface area contributed by atoms with Crippen LogP contribution in [0.4, 0.5) is 5.69 Å². The number of rotatable bonds is 4. The quantitative estimate of drug-likeness (QED) is 0.692. The fraction of sp³-hybridized carbons (Fsp3) is 0.545. The largest absolute Gasteiger partial charge is 0.397 e. The van der Waals surface area contributed by atoms with Crippen molar-refractivity contribution in [1.82, 2.24) is 9.88 Å². The van der Waals surface area contributed by atoms with Crippen molar-refractivity contribution in [1.29, 1.82) is 0 Å². The smallest absolute Gasteiger partial charge is 0.268 e. The second-order valence-corrected chi connectivity index (χ2v) is 4.19. The molecule has 0 aromatic carbocycles. The van der Waals surface area contributed by atoms with Gasteiger partial charge in [0.2, 0.25) is 0 Å². The van der Waals surface area contributed by atoms with Crippen LogP contribution >= 0.6 is 0 Å². The van der Waals surface area contributed by atoms with Gasteiger partial charge in [0.05, 0.1) is 5.69 Å². The summed E-state index contributed by atoms with van der Waals surface area (Å²) in [5, 5.41) is 11.8. The van der Waals surface area contributed by atoms with E-state index < -0.39 is 0 Å². The highest BCUT2D eigenvalue weighted by molar-refractivity contribution is 5.93. The molecule has 16 heavy (non-hydrogen) atoms. The van der Waals surface area contributed by atoms with Crippen LogP contribution in [0.2, 0.25) is 0 Å². The van der Waals surface area contributed by atoms with Crippen molar-refractivity contribution in [2.24, 2.45) is 13.0 Å². The van der Waals surface area contributed by atoms with Gasteiger partial charge in [0.15, 0.2) is 0 Å². The van der Waals surface area contributed by atoms with Crippen LogP contribution < -0.4 is 11.1 Å². The van der Waals surface area contributed by atoms with E-state index in [1.165, 1.54) is 0 Å². The van der Waals surface area contributed by atoms with Gasteiger partial charge in [-0.2, -0.15) is 0 Å². The third kappa shape index (κ3) is 2.76. The van der Waals surface area contributed by atoms with Crippen LogP contribution in [0.3, 0.4) is 0 Å². The van der Waals surface area contributed by atoms with Crippen LogP contribution in [0.15, 0.2) is 12.3 Å². The van der Waals surface area contributed by atoms with Crippen molar-refractivity contribution >= 4 is 11.6 Å². The van der Waals surface area contributed by atoms with E-state index in [9.17, 15) is 4.79 Å². The van der Waals surface area contributed by atoms with E-state index in [0.29, 0.717) is 11.4 Å². The maximum atomic E-state index is 11.8. The summed E-state index contributed by atoms with van der Waals surface area (Å²) in [6, 6.07) is 1.56. The number of nitrogens with one attached hydrogen (secondary N) is 1. The van der Waals surface area contributed by atoms with E-state index >= 15 is 0 Å². The summed E-state index contributed by atoms with van der Waals surface area (Å²) in [7, 11) is 1.77. The molecule has 5 heteroatoms. The normalized spacial score (nSPS) is 14.5. The molecule has 0 spiro atoms. The van der Waals surface area contributed by atoms with Gasteiger partial charge in [-0.3, -0.25) is 4.79 Å². The molecule has 0 aliphatic carbocycles. The number of hydrogen-bond acceptors (Lipinski definition) is 3. The third-order valence-corrected chi connectivity index (χ3v) is 2.76. The van der Waals surface area contributed by atoms with Gasteiger partial charge >= 0.3 is 0 Å². The van der Waals surface area contributed by atoms with E-state index in [1.807, 2.05) is 13.8 Å². The molecule has 4 N–H and O–H groups in total. The van der Waals surface area contributed by atoms with Gasteiger partial charge in [0.25, 0.3) is 5.91 Å². The maximum Gasteiger partial charge on any atom is 0.268 e. The number of aromatic nitrogens is 1. The Morgan fingerprint density at radius 1 is 1.62 bits per heavy atom. The summed E-state index contributed by atoms with van der Waals surface area (Å²) < 4.78 is 1.68. The molecule has 0 fully saturated rings. The molecule has 1 amide bonds. The lowest BCUT2D eigenvalue weighted by Crippen LogP contribution is -2.39. The topological polar surface area (TPSA) is 80.3 Å². The number of anilines is 1. The van der Waals surface area contributed by atoms with E-state index in [1.54, 1.807) is 23.9 Å². The molecule has 1 heterocycles. The molecule has 0 saturated carbocycles. The number of aryl methyl sites for hydroxylation is 1. The molecule has 0 radical (unpaired) electrons. The van der Waals surface area contributed by atoms with Crippen LogP contribution in [0.1, 0.15) is 24.3 Å². The molecule has 2 atom stereocenters. The number of nitrogens with two attached hydrogens (primary N) is 1. The maximum absolute atomic E-state index is 11.8. The van der Waals surface area contributed by atoms with E-state index in [0.717, 1.165) is 0 Å². The third-order valence-electron chi connectivity index (χ3n) is 2.76. The molecule has 2 unspecified atom stereocenters. The minimum atomic E-state index is -0.174. The predicted octanol–water partition coefficient (Wildman–Crippen LogP) is 0.354. The first kappa shape index (κ1) is 12.6. The Bertz CT molecular complexity index is 373. The fourth-order valence-corrected chi connectivity index (χ4v) is 1.40. The number of hydrogen-bond donors (Lipinski definition) is 3. The van der Waals surface area contributed by atoms with Gasteiger partial charge < -0.3 is 20.7 Å². The number of carbonyl (C=O) groups is 1. The van der Waals surface area contributed by atoms with Crippen molar-refractivity contribution < 1.29 is 9.90 Å². The number of amides is 1. The summed E-state index contributed by atoms with van der Waals surface area (Å²) in [5.74, 6) is -0.145. The van der Waals surface area contributed by atoms with Crippen LogP contribution in [-0.2, 0) is 7.05 Å². The van der Waals surface area contributed by atoms with Crippen LogP contribution in [0.5, 0.6) is 0 Å². The molecule has 0 bridgehead atoms. The molecular formula is C11H19N3O2. The van der Waals surface area contributed by atoms with Gasteiger partial charge in [-0.15, -0.1) is 0 Å². The van der Waals surface area contributed by atoms with Crippen molar-refractivity contribution in [2.45, 2.75) is 19.9 Å². The second-order valence-electron chi connectivity index (χ2n) is 4.19. The van der Waals surface area contributed by atoms with E-state index in [4.69, 9.17) is 10.8 Å². The number of carbonyl (C=O) groups excluding carboxylic acids is 1. The van der Waals surface area contributed by atoms with Gasteiger partial charge in [-0.1, -0.05) is 6.92 Å². The minimum Gasteiger partial charge on any atom is -0.397 e. The zero-order valence-electron chi connectivity index (χ0n) is 9.90. The lowest BCUT2D eigenvalue weighted by Gasteiger charge is -2.19. The molecule has 0 aliphatic heterocycles. The molecule has 0 saturated heterocycles. The Labute approximate surface area is 95.3 Å². The molecule has 1 rings (SSSR count). The van der Waals surface area contributed by atoms with Gasteiger partial charge in [0.1, 0.15) is 5.69 Å². The van der Waals surface area contributed by atoms with Crippen LogP contribution in [-0.4, -0.2) is 28.2 Å². The summed E-state index contributed by atoms with van der Waals surface area (Å²) in [5.41, 5.74) is 6.68. The molecule has 1 aromatic rings. The zero-order chi connectivity index (χ0) is 12.3. The summed E-state index contributed by atoms with van der Waals surface area (Å²) in [6.07, 6.45) is 1.69. The monoisotopic (exact) mass is 225 g/mol. The van der Waals surface area contributed by atoms with Gasteiger partial charge in [-0.25, -0.2) is 0 Å². The number of aliphatic hydroxyl groups excluding tert-OH is 1. The Kier molecular flexibility index (Phi) is 3.95. The first-order chi connectivity index (χ1) is 7.45. The first-order valence-electron chi connectivity index (χ1n) is 5.29. The zero-order valence-corrected chi connectivity index (χ0v) is 9.90. The summed E-state index contributed by atoms with van der Waals surface area (Å²) in [6.45, 7) is 3.80. The van der Waals surface area contributed by atoms with Crippen LogP contribution in [0, 0.1) is 5.92 Å². The summed E-state index contributed by atoms with van der Waals surface area (Å²) >= 11 is 0. The van der Waals surface area contributed by atoms with Crippen LogP contribution in [0.25, 0.3) is 0 Å². The molecule has 0 aliphatic rings. The van der Waals surface area contributed by atoms with Crippen molar-refractivity contribution in [3.05, 3.63) is 18.0 Å². The molecule has 1 aromatic heterocycles. The van der Waals surface area contributed by atoms with E-state index in [-0.39, 0.29) is 24.5 Å². The van der Waals surface area contributed by atoms with Crippen molar-refractivity contribution in [3.63, 3.8) is 0 Å². The average Bonchev–Trinajstić information content (AvgIpc) is 2.56. The number of nitrogens with zero attached hydrogens (tertiary/aromatic N) is 1. The highest BCUT2D eigenvalue weighted by atomic mass is 16.3. The van der Waals surface area contributed by atoms with Gasteiger partial charge in [0, 0.05) is 25.9 Å². The predicted molar refractivity (Wildman–Crippen MR) is 63.0 cm³/mol. The highest BCUT2D eigenvalue weighted by Gasteiger charge is 2.17. The standard InChI is InChI=1S/C11H19N3O2/c1-7(6-15)8(2)13-11(16)10-4-9(12)5-14(10)3/h4-5,7-8,15H,6,12H2,1-3H3,(H,13,16). The first-order valence-corrected chi connectivity index (χ1v) is 5.29. The summed E-state index contributed by atoms with van der Waals surface area (Å²) in [4.78, 5) is 11.8. The second kappa shape index (κ2) is 5.03. The Hall–Kier alpha value is -1.49. The molecule has 90 valence electrons. The lowest BCUT2D eigenvalue weighted by atomic mass is 10.1. The molecular weight excluding hydrogens is 206 g/mol. The Morgan fingerprint density at radius 3 is 2.69 bits per heavy atom. The SMILES string of the molecule is CC(CO)C(C)NC(=O)c1cc(N)cn1C. The van der Waals surface area contributed by atoms with Gasteiger partial charge in [-0.05, 0) is 18.9 Å². The lowest BCUT2D eigenvalue weighted by molar-refractivity contribution is 0.0908. The highest BCUT2D eigenvalue weighted by Crippen LogP contribution is 2.09. The molecule has 5 nitrogen and oxygen atoms in total. The number of nitrogen functional groups attached to an aromatic ring is 1. The number of aliphatic hydroxyl groups is 1. The Morgan fingerprint density at radius 2 is 2.25 bits per heavy atom. The Balaban J connectivity index is 2.69. The van der Waals surface area contributed by atoms with E-state index in [2.05, 4.69) is 5.32 Å². The minimum absolute atomic E-state index is 0.0292.